The molecule has 1 atom stereocenters. The van der Waals surface area contributed by atoms with Crippen LogP contribution < -0.4 is 21.5 Å². The van der Waals surface area contributed by atoms with Crippen LogP contribution in [0.25, 0.3) is 11.2 Å². The molecule has 0 radical (unpaired) electrons. The van der Waals surface area contributed by atoms with Gasteiger partial charge >= 0.3 is 17.8 Å². The normalized spacial score (nSPS) is 14.7. The molecule has 2 aromatic heterocycles. The molecule has 3 rings (SSSR count). The molecule has 10 nitrogen and oxygen atoms in total. The first-order valence-corrected chi connectivity index (χ1v) is 10.8. The fourth-order valence-electron chi connectivity index (χ4n) is 3.66. The summed E-state index contributed by atoms with van der Waals surface area (Å²) in [5.74, 6) is 3.91. The number of aromatic nitrogens is 4. The van der Waals surface area contributed by atoms with Crippen LogP contribution in [0, 0.1) is 11.8 Å². The van der Waals surface area contributed by atoms with Crippen molar-refractivity contribution in [2.24, 2.45) is 7.05 Å². The van der Waals surface area contributed by atoms with Gasteiger partial charge in [-0.25, -0.2) is 9.59 Å². The summed E-state index contributed by atoms with van der Waals surface area (Å²) in [6.45, 7) is 9.57. The average molecular weight is 486 g/mol. The Morgan fingerprint density at radius 2 is 1.85 bits per heavy atom. The summed E-state index contributed by atoms with van der Waals surface area (Å²) in [4.78, 5) is 41.7. The van der Waals surface area contributed by atoms with Crippen molar-refractivity contribution >= 4 is 23.1 Å². The first-order valence-electron chi connectivity index (χ1n) is 10.8. The maximum atomic E-state index is 13.0. The molecule has 1 fully saturated rings. The topological polar surface area (TPSA) is 114 Å². The Labute approximate surface area is 194 Å². The number of imidazole rings is 1. The monoisotopic (exact) mass is 486 g/mol. The number of anilines is 1. The molecule has 1 aliphatic heterocycles. The van der Waals surface area contributed by atoms with E-state index < -0.39 is 12.1 Å². The molecule has 0 amide bonds. The van der Waals surface area contributed by atoms with Gasteiger partial charge in [-0.05, 0) is 20.3 Å². The van der Waals surface area contributed by atoms with Crippen LogP contribution in [-0.2, 0) is 18.4 Å². The van der Waals surface area contributed by atoms with Crippen LogP contribution in [0.4, 0.5) is 19.1 Å². The zero-order valence-electron chi connectivity index (χ0n) is 19.6. The number of hydrogen-bond acceptors (Lipinski definition) is 6. The number of nitrogens with zero attached hydrogens (tertiary/aromatic N) is 5. The molecule has 2 N–H and O–H groups in total. The fraction of sp³-hybridized carbons (Fsp3) is 0.619. The van der Waals surface area contributed by atoms with Crippen LogP contribution >= 0.6 is 0 Å². The highest BCUT2D eigenvalue weighted by Gasteiger charge is 2.38. The lowest BCUT2D eigenvalue weighted by Crippen LogP contribution is -2.44. The Morgan fingerprint density at radius 3 is 2.35 bits per heavy atom. The number of carbonyl (C=O) groups is 1. The van der Waals surface area contributed by atoms with Crippen molar-refractivity contribution in [1.82, 2.24) is 24.0 Å². The van der Waals surface area contributed by atoms with Gasteiger partial charge < -0.3 is 15.3 Å². The molecule has 34 heavy (non-hydrogen) atoms. The minimum absolute atomic E-state index is 0.0340. The van der Waals surface area contributed by atoms with E-state index in [0.717, 1.165) is 45.0 Å². The molecular weight excluding hydrogens is 457 g/mol. The van der Waals surface area contributed by atoms with Crippen LogP contribution in [0.15, 0.2) is 9.59 Å². The van der Waals surface area contributed by atoms with Crippen LogP contribution in [0.1, 0.15) is 39.7 Å². The van der Waals surface area contributed by atoms with E-state index in [1.165, 1.54) is 11.6 Å². The summed E-state index contributed by atoms with van der Waals surface area (Å²) >= 11 is 0. The SMILES string of the molecule is CC#CCn1c(N2CCNCC2)nc2c1c(=O)n(C)c(=O)n2C(C)CCC.O=C(O)C(F)(F)F. The fourth-order valence-corrected chi connectivity index (χ4v) is 3.66. The van der Waals surface area contributed by atoms with Gasteiger partial charge in [0.1, 0.15) is 0 Å². The smallest absolute Gasteiger partial charge is 0.475 e. The third kappa shape index (κ3) is 5.80. The van der Waals surface area contributed by atoms with Gasteiger partial charge in [0.25, 0.3) is 5.56 Å². The molecule has 0 aliphatic carbocycles. The van der Waals surface area contributed by atoms with Gasteiger partial charge in [-0.2, -0.15) is 18.2 Å². The largest absolute Gasteiger partial charge is 0.490 e. The number of nitrogens with one attached hydrogen (secondary N) is 1. The Morgan fingerprint density at radius 1 is 1.26 bits per heavy atom. The van der Waals surface area contributed by atoms with E-state index in [1.54, 1.807) is 11.5 Å². The Hall–Kier alpha value is -3.27. The van der Waals surface area contributed by atoms with E-state index in [4.69, 9.17) is 14.9 Å². The molecule has 13 heteroatoms. The lowest BCUT2D eigenvalue weighted by atomic mass is 10.2. The van der Waals surface area contributed by atoms with E-state index in [2.05, 4.69) is 29.0 Å². The molecular formula is C21H29F3N6O4. The zero-order chi connectivity index (χ0) is 25.6. The quantitative estimate of drug-likeness (QED) is 0.613. The predicted molar refractivity (Wildman–Crippen MR) is 121 cm³/mol. The third-order valence-corrected chi connectivity index (χ3v) is 5.36. The minimum Gasteiger partial charge on any atom is -0.475 e. The maximum Gasteiger partial charge on any atom is 0.490 e. The number of carboxylic acid groups (broad SMARTS) is 1. The lowest BCUT2D eigenvalue weighted by molar-refractivity contribution is -0.192. The molecule has 188 valence electrons. The van der Waals surface area contributed by atoms with Gasteiger partial charge in [0.05, 0.1) is 6.54 Å². The molecule has 0 aromatic carbocycles. The molecule has 0 saturated carbocycles. The van der Waals surface area contributed by atoms with Gasteiger partial charge in [-0.15, -0.1) is 5.92 Å². The van der Waals surface area contributed by atoms with Gasteiger partial charge in [-0.1, -0.05) is 19.3 Å². The van der Waals surface area contributed by atoms with Crippen LogP contribution in [0.3, 0.4) is 0 Å². The molecule has 1 unspecified atom stereocenters. The zero-order valence-corrected chi connectivity index (χ0v) is 19.6. The first kappa shape index (κ1) is 27.0. The third-order valence-electron chi connectivity index (χ3n) is 5.36. The van der Waals surface area contributed by atoms with Crippen LogP contribution in [0.5, 0.6) is 0 Å². The van der Waals surface area contributed by atoms with E-state index in [9.17, 15) is 22.8 Å². The van der Waals surface area contributed by atoms with Crippen molar-refractivity contribution in [1.29, 1.82) is 0 Å². The maximum absolute atomic E-state index is 13.0. The summed E-state index contributed by atoms with van der Waals surface area (Å²) < 4.78 is 36.5. The van der Waals surface area contributed by atoms with Gasteiger partial charge in [0, 0.05) is 39.3 Å². The highest BCUT2D eigenvalue weighted by Crippen LogP contribution is 2.23. The highest BCUT2D eigenvalue weighted by atomic mass is 19.4. The molecule has 1 saturated heterocycles. The van der Waals surface area contributed by atoms with Crippen molar-refractivity contribution in [3.05, 3.63) is 20.8 Å². The number of hydrogen-bond donors (Lipinski definition) is 2. The number of halogens is 3. The number of rotatable bonds is 5. The molecule has 3 heterocycles. The summed E-state index contributed by atoms with van der Waals surface area (Å²) in [5.41, 5.74) is 0.292. The molecule has 1 aliphatic rings. The number of carboxylic acids is 1. The second-order valence-electron chi connectivity index (χ2n) is 7.79. The molecule has 0 spiro atoms. The standard InChI is InChI=1S/C19H28N6O2.C2HF3O2/c1-5-7-11-24-15-16(21-18(24)23-12-9-20-10-13-23)25(14(3)8-6-2)19(27)22(4)17(15)26;3-2(4,5)1(6)7/h14,20H,6,8-13H2,1-4H3;(H,6,7). The van der Waals surface area contributed by atoms with Crippen molar-refractivity contribution in [3.63, 3.8) is 0 Å². The number of fused-ring (bicyclic) bond motifs is 1. The minimum atomic E-state index is -5.08. The Kier molecular flexibility index (Phi) is 8.92. The molecule has 0 bridgehead atoms. The van der Waals surface area contributed by atoms with E-state index in [0.29, 0.717) is 17.7 Å². The van der Waals surface area contributed by atoms with Crippen LogP contribution in [-0.4, -0.2) is 62.1 Å². The van der Waals surface area contributed by atoms with E-state index in [-0.39, 0.29) is 17.3 Å². The molecule has 2 aromatic rings. The second-order valence-corrected chi connectivity index (χ2v) is 7.79. The summed E-state index contributed by atoms with van der Waals surface area (Å²) in [6, 6.07) is -0.0340. The number of alkyl halides is 3. The van der Waals surface area contributed by atoms with E-state index >= 15 is 0 Å². The van der Waals surface area contributed by atoms with Gasteiger partial charge in [0.2, 0.25) is 5.95 Å². The van der Waals surface area contributed by atoms with Crippen molar-refractivity contribution < 1.29 is 23.1 Å². The van der Waals surface area contributed by atoms with E-state index in [1.807, 2.05) is 11.5 Å². The predicted octanol–water partition coefficient (Wildman–Crippen LogP) is 1.32. The summed E-state index contributed by atoms with van der Waals surface area (Å²) in [6.07, 6.45) is -3.29. The van der Waals surface area contributed by atoms with Crippen LogP contribution in [0.2, 0.25) is 0 Å². The van der Waals surface area contributed by atoms with Crippen molar-refractivity contribution in [2.45, 2.75) is 52.4 Å². The summed E-state index contributed by atoms with van der Waals surface area (Å²) in [5, 5.41) is 10.5. The summed E-state index contributed by atoms with van der Waals surface area (Å²) in [7, 11) is 1.53. The Bertz CT molecular complexity index is 1200. The van der Waals surface area contributed by atoms with Crippen molar-refractivity contribution in [2.75, 3.05) is 31.1 Å². The Balaban J connectivity index is 0.000000509. The highest BCUT2D eigenvalue weighted by molar-refractivity contribution is 5.75. The van der Waals surface area contributed by atoms with Gasteiger partial charge in [0.15, 0.2) is 11.2 Å². The second kappa shape index (κ2) is 11.2. The number of piperazine rings is 1. The van der Waals surface area contributed by atoms with Gasteiger partial charge in [-0.3, -0.25) is 18.5 Å². The van der Waals surface area contributed by atoms with Crippen molar-refractivity contribution in [3.8, 4) is 11.8 Å². The first-order chi connectivity index (χ1) is 15.9. The lowest BCUT2D eigenvalue weighted by Gasteiger charge is -2.28. The number of aliphatic carboxylic acids is 1. The average Bonchev–Trinajstić information content (AvgIpc) is 3.15.